The number of rotatable bonds is 3. The van der Waals surface area contributed by atoms with Crippen LogP contribution in [-0.2, 0) is 11.8 Å². The standard InChI is InChI=1S/C22H27N3O3.ClH/c1-5-15-8-6-7-9-18(15)23-21(26)28-16-10-11-19-17(14-16)22(2)12-13-25(4,27)20(22)24(19)3;/h6-11,14,20H,5,12-13H2,1-4H3,(H,23,26);1H/t20-,22-,25-;/m0./s1. The Morgan fingerprint density at radius 2 is 2.07 bits per heavy atom. The van der Waals surface area contributed by atoms with E-state index < -0.39 is 6.09 Å². The molecule has 0 unspecified atom stereocenters. The molecule has 0 aliphatic carbocycles. The minimum Gasteiger partial charge on any atom is -0.631 e. The average molecular weight is 418 g/mol. The molecule has 0 radical (unpaired) electrons. The Morgan fingerprint density at radius 3 is 2.79 bits per heavy atom. The van der Waals surface area contributed by atoms with Crippen LogP contribution in [0, 0.1) is 5.21 Å². The first-order chi connectivity index (χ1) is 13.3. The quantitative estimate of drug-likeness (QED) is 0.582. The number of carbonyl (C=O) groups is 1. The number of likely N-dealkylation sites (tertiary alicyclic amines) is 1. The van der Waals surface area contributed by atoms with Gasteiger partial charge in [-0.15, -0.1) is 12.4 Å². The summed E-state index contributed by atoms with van der Waals surface area (Å²) in [7, 11) is 3.72. The summed E-state index contributed by atoms with van der Waals surface area (Å²) in [6, 6.07) is 13.4. The van der Waals surface area contributed by atoms with Crippen LogP contribution < -0.4 is 15.0 Å². The normalized spacial score (nSPS) is 27.1. The molecule has 29 heavy (non-hydrogen) atoms. The van der Waals surface area contributed by atoms with Crippen LogP contribution in [0.4, 0.5) is 16.2 Å². The van der Waals surface area contributed by atoms with Crippen molar-refractivity contribution < 1.29 is 14.2 Å². The second-order valence-electron chi connectivity index (χ2n) is 8.25. The first-order valence-corrected chi connectivity index (χ1v) is 9.76. The van der Waals surface area contributed by atoms with Gasteiger partial charge in [0.05, 0.1) is 19.0 Å². The van der Waals surface area contributed by atoms with Crippen molar-refractivity contribution in [3.05, 3.63) is 58.8 Å². The van der Waals surface area contributed by atoms with E-state index in [1.54, 1.807) is 13.1 Å². The molecule has 3 atom stereocenters. The topological polar surface area (TPSA) is 64.6 Å². The third-order valence-corrected chi connectivity index (χ3v) is 6.34. The number of benzene rings is 2. The van der Waals surface area contributed by atoms with Gasteiger partial charge in [0.15, 0.2) is 6.17 Å². The molecule has 2 aromatic rings. The van der Waals surface area contributed by atoms with E-state index in [2.05, 4.69) is 17.1 Å². The number of hydrogen-bond donors (Lipinski definition) is 1. The number of nitrogens with one attached hydrogen (secondary N) is 1. The fraction of sp³-hybridized carbons (Fsp3) is 0.409. The zero-order chi connectivity index (χ0) is 20.1. The van der Waals surface area contributed by atoms with Gasteiger partial charge in [0.25, 0.3) is 0 Å². The maximum absolute atomic E-state index is 12.9. The zero-order valence-electron chi connectivity index (χ0n) is 17.3. The lowest BCUT2D eigenvalue weighted by Gasteiger charge is -2.44. The zero-order valence-corrected chi connectivity index (χ0v) is 18.1. The van der Waals surface area contributed by atoms with Crippen LogP contribution in [0.5, 0.6) is 5.75 Å². The van der Waals surface area contributed by atoms with Crippen molar-refractivity contribution in [3.63, 3.8) is 0 Å². The maximum Gasteiger partial charge on any atom is 0.417 e. The van der Waals surface area contributed by atoms with Gasteiger partial charge in [0, 0.05) is 24.8 Å². The predicted molar refractivity (Wildman–Crippen MR) is 118 cm³/mol. The average Bonchev–Trinajstić information content (AvgIpc) is 3.04. The summed E-state index contributed by atoms with van der Waals surface area (Å²) in [6.45, 7) is 4.77. The molecule has 2 aromatic carbocycles. The van der Waals surface area contributed by atoms with E-state index in [1.807, 2.05) is 50.4 Å². The molecule has 1 N–H and O–H groups in total. The summed E-state index contributed by atoms with van der Waals surface area (Å²) in [6.07, 6.45) is 0.982. The van der Waals surface area contributed by atoms with Crippen LogP contribution in [-0.4, -0.2) is 37.5 Å². The highest BCUT2D eigenvalue weighted by Gasteiger charge is 2.58. The summed E-state index contributed by atoms with van der Waals surface area (Å²) in [5.74, 6) is 0.493. The van der Waals surface area contributed by atoms with E-state index in [4.69, 9.17) is 4.74 Å². The number of amides is 1. The molecular formula is C22H28ClN3O3. The molecule has 0 bridgehead atoms. The lowest BCUT2D eigenvalue weighted by molar-refractivity contribution is -0.874. The summed E-state index contributed by atoms with van der Waals surface area (Å²) in [5, 5.41) is 15.8. The molecule has 1 amide bonds. The number of nitrogens with zero attached hydrogens (tertiary/aromatic N) is 2. The number of ether oxygens (including phenoxy) is 1. The van der Waals surface area contributed by atoms with Crippen LogP contribution in [0.1, 0.15) is 31.4 Å². The molecule has 2 aliphatic rings. The second-order valence-corrected chi connectivity index (χ2v) is 8.25. The van der Waals surface area contributed by atoms with E-state index >= 15 is 0 Å². The number of hydrogen-bond acceptors (Lipinski definition) is 4. The van der Waals surface area contributed by atoms with Crippen molar-refractivity contribution in [1.82, 2.24) is 0 Å². The van der Waals surface area contributed by atoms with Crippen molar-refractivity contribution in [2.75, 3.05) is 30.9 Å². The van der Waals surface area contributed by atoms with Gasteiger partial charge in [0.2, 0.25) is 0 Å². The van der Waals surface area contributed by atoms with Gasteiger partial charge >= 0.3 is 6.09 Å². The van der Waals surface area contributed by atoms with Gasteiger partial charge in [-0.2, -0.15) is 0 Å². The minimum absolute atomic E-state index is 0. The molecule has 7 heteroatoms. The molecular weight excluding hydrogens is 390 g/mol. The molecule has 4 rings (SSSR count). The van der Waals surface area contributed by atoms with Crippen LogP contribution in [0.25, 0.3) is 0 Å². The molecule has 0 spiro atoms. The van der Waals surface area contributed by atoms with Crippen molar-refractivity contribution in [1.29, 1.82) is 0 Å². The number of hydroxylamine groups is 3. The Morgan fingerprint density at radius 1 is 1.34 bits per heavy atom. The largest absolute Gasteiger partial charge is 0.631 e. The molecule has 1 saturated heterocycles. The van der Waals surface area contributed by atoms with E-state index in [0.29, 0.717) is 12.3 Å². The molecule has 0 aromatic heterocycles. The highest BCUT2D eigenvalue weighted by atomic mass is 35.5. The highest BCUT2D eigenvalue weighted by Crippen LogP contribution is 2.54. The Balaban J connectivity index is 0.00000240. The smallest absolute Gasteiger partial charge is 0.417 e. The summed E-state index contributed by atoms with van der Waals surface area (Å²) in [4.78, 5) is 14.5. The first-order valence-electron chi connectivity index (χ1n) is 9.76. The predicted octanol–water partition coefficient (Wildman–Crippen LogP) is 4.66. The molecule has 0 saturated carbocycles. The molecule has 156 valence electrons. The Bertz CT molecular complexity index is 933. The van der Waals surface area contributed by atoms with Gasteiger partial charge in [-0.3, -0.25) is 5.32 Å². The Hall–Kier alpha value is -2.28. The first kappa shape index (κ1) is 21.4. The third kappa shape index (κ3) is 3.45. The second kappa shape index (κ2) is 7.52. The summed E-state index contributed by atoms with van der Waals surface area (Å²) >= 11 is 0. The SMILES string of the molecule is CCc1ccccc1NC(=O)Oc1ccc2c(c1)[C@]1(C)CC[N@+](C)([O-])[C@@H]1N2C.Cl. The third-order valence-electron chi connectivity index (χ3n) is 6.34. The van der Waals surface area contributed by atoms with E-state index in [9.17, 15) is 10.0 Å². The van der Waals surface area contributed by atoms with Gasteiger partial charge in [0.1, 0.15) is 5.75 Å². The highest BCUT2D eigenvalue weighted by molar-refractivity contribution is 5.87. The minimum atomic E-state index is -0.509. The summed E-state index contributed by atoms with van der Waals surface area (Å²) < 4.78 is 5.30. The van der Waals surface area contributed by atoms with Crippen molar-refractivity contribution in [2.24, 2.45) is 0 Å². The number of carbonyl (C=O) groups excluding carboxylic acids is 1. The van der Waals surface area contributed by atoms with Gasteiger partial charge in [-0.25, -0.2) is 4.79 Å². The van der Waals surface area contributed by atoms with Crippen LogP contribution in [0.2, 0.25) is 0 Å². The molecule has 6 nitrogen and oxygen atoms in total. The van der Waals surface area contributed by atoms with Crippen molar-refractivity contribution >= 4 is 29.9 Å². The Kier molecular flexibility index (Phi) is 5.56. The fourth-order valence-corrected chi connectivity index (χ4v) is 5.04. The van der Waals surface area contributed by atoms with Crippen molar-refractivity contribution in [2.45, 2.75) is 38.3 Å². The maximum atomic E-state index is 12.9. The van der Waals surface area contributed by atoms with E-state index in [1.165, 1.54) is 0 Å². The van der Waals surface area contributed by atoms with E-state index in [0.717, 1.165) is 35.3 Å². The van der Waals surface area contributed by atoms with Gasteiger partial charge in [-0.05, 0) is 48.7 Å². The number of likely N-dealkylation sites (N-methyl/N-ethyl adjacent to an activating group) is 2. The number of anilines is 2. The van der Waals surface area contributed by atoms with Gasteiger partial charge in [-0.1, -0.05) is 25.1 Å². The molecule has 2 heterocycles. The summed E-state index contributed by atoms with van der Waals surface area (Å²) in [5.41, 5.74) is 3.70. The number of quaternary nitrogens is 1. The molecule has 1 fully saturated rings. The number of aryl methyl sites for hydroxylation is 1. The Labute approximate surface area is 178 Å². The number of para-hydroxylation sites is 1. The monoisotopic (exact) mass is 417 g/mol. The molecule has 2 aliphatic heterocycles. The number of halogens is 1. The fourth-order valence-electron chi connectivity index (χ4n) is 5.04. The number of fused-ring (bicyclic) bond motifs is 3. The van der Waals surface area contributed by atoms with Crippen molar-refractivity contribution in [3.8, 4) is 5.75 Å². The van der Waals surface area contributed by atoms with Crippen LogP contribution in [0.15, 0.2) is 42.5 Å². The van der Waals surface area contributed by atoms with E-state index in [-0.39, 0.29) is 28.6 Å². The lowest BCUT2D eigenvalue weighted by atomic mass is 9.81. The van der Waals surface area contributed by atoms with Crippen LogP contribution in [0.3, 0.4) is 0 Å². The van der Waals surface area contributed by atoms with Crippen LogP contribution >= 0.6 is 12.4 Å². The lowest BCUT2D eigenvalue weighted by Crippen LogP contribution is -2.54. The van der Waals surface area contributed by atoms with Gasteiger partial charge < -0.3 is 19.5 Å².